The Balaban J connectivity index is 2.50. The number of nitrogens with zero attached hydrogens (tertiary/aromatic N) is 1. The minimum Gasteiger partial charge on any atom is -0.299 e. The van der Waals surface area contributed by atoms with Crippen molar-refractivity contribution in [2.75, 3.05) is 11.4 Å². The van der Waals surface area contributed by atoms with Crippen LogP contribution in [0, 0.1) is 0 Å². The summed E-state index contributed by atoms with van der Waals surface area (Å²) in [5.41, 5.74) is 0.164. The second-order valence-electron chi connectivity index (χ2n) is 3.27. The molecule has 0 radical (unpaired) electrons. The summed E-state index contributed by atoms with van der Waals surface area (Å²) in [5, 5.41) is 0.104. The van der Waals surface area contributed by atoms with Gasteiger partial charge in [-0.05, 0) is 12.1 Å². The molecule has 1 aliphatic rings. The van der Waals surface area contributed by atoms with Gasteiger partial charge < -0.3 is 0 Å². The van der Waals surface area contributed by atoms with E-state index in [4.69, 9.17) is 11.6 Å². The van der Waals surface area contributed by atoms with Crippen LogP contribution in [0.15, 0.2) is 18.2 Å². The van der Waals surface area contributed by atoms with Gasteiger partial charge in [-0.15, -0.1) is 0 Å². The van der Waals surface area contributed by atoms with Gasteiger partial charge in [-0.2, -0.15) is 0 Å². The standard InChI is InChI=1S/C10H6ClF2NO2/c11-5-2-1-3-6-8(5)9(15)10(16)14(6)4-7(12)13/h1-3,7H,4H2. The third-order valence-electron chi connectivity index (χ3n) is 2.27. The van der Waals surface area contributed by atoms with Gasteiger partial charge in [-0.1, -0.05) is 17.7 Å². The summed E-state index contributed by atoms with van der Waals surface area (Å²) in [6, 6.07) is 4.37. The van der Waals surface area contributed by atoms with Crippen LogP contribution < -0.4 is 4.90 Å². The molecular weight excluding hydrogens is 240 g/mol. The molecule has 0 aliphatic carbocycles. The number of hydrogen-bond donors (Lipinski definition) is 0. The summed E-state index contributed by atoms with van der Waals surface area (Å²) < 4.78 is 24.5. The van der Waals surface area contributed by atoms with Crippen molar-refractivity contribution >= 4 is 29.0 Å². The van der Waals surface area contributed by atoms with Crippen molar-refractivity contribution < 1.29 is 18.4 Å². The number of alkyl halides is 2. The smallest absolute Gasteiger partial charge is 0.299 e. The number of carbonyl (C=O) groups excluding carboxylic acids is 2. The Morgan fingerprint density at radius 2 is 2.00 bits per heavy atom. The molecule has 0 N–H and O–H groups in total. The summed E-state index contributed by atoms with van der Waals surface area (Å²) in [6.45, 7) is -0.794. The van der Waals surface area contributed by atoms with Crippen molar-refractivity contribution in [3.8, 4) is 0 Å². The Kier molecular flexibility index (Phi) is 2.63. The average molecular weight is 246 g/mol. The zero-order valence-electron chi connectivity index (χ0n) is 7.91. The Labute approximate surface area is 94.6 Å². The van der Waals surface area contributed by atoms with E-state index in [1.54, 1.807) is 0 Å². The first-order valence-corrected chi connectivity index (χ1v) is 4.83. The van der Waals surface area contributed by atoms with Gasteiger partial charge in [0.1, 0.15) is 0 Å². The van der Waals surface area contributed by atoms with Crippen molar-refractivity contribution in [1.29, 1.82) is 0 Å². The van der Waals surface area contributed by atoms with Crippen molar-refractivity contribution in [2.45, 2.75) is 6.43 Å². The summed E-state index contributed by atoms with van der Waals surface area (Å²) in [5.74, 6) is -1.79. The largest absolute Gasteiger partial charge is 0.299 e. The molecule has 1 aliphatic heterocycles. The van der Waals surface area contributed by atoms with E-state index < -0.39 is 24.7 Å². The van der Waals surface area contributed by atoms with E-state index in [0.717, 1.165) is 4.90 Å². The van der Waals surface area contributed by atoms with E-state index in [-0.39, 0.29) is 16.3 Å². The lowest BCUT2D eigenvalue weighted by atomic mass is 10.1. The first kappa shape index (κ1) is 11.0. The van der Waals surface area contributed by atoms with E-state index in [0.29, 0.717) is 0 Å². The minimum atomic E-state index is -2.69. The fraction of sp³-hybridized carbons (Fsp3) is 0.200. The molecule has 0 saturated heterocycles. The molecule has 1 heterocycles. The zero-order chi connectivity index (χ0) is 11.9. The molecule has 1 aromatic rings. The second kappa shape index (κ2) is 3.83. The SMILES string of the molecule is O=C1C(=O)N(CC(F)F)c2cccc(Cl)c21. The number of carbonyl (C=O) groups is 2. The number of halogens is 3. The molecular formula is C10H6ClF2NO2. The molecule has 0 atom stereocenters. The highest BCUT2D eigenvalue weighted by Crippen LogP contribution is 2.34. The molecule has 84 valence electrons. The van der Waals surface area contributed by atoms with Crippen LogP contribution in [-0.4, -0.2) is 24.7 Å². The molecule has 0 saturated carbocycles. The molecule has 0 spiro atoms. The van der Waals surface area contributed by atoms with Gasteiger partial charge >= 0.3 is 0 Å². The second-order valence-corrected chi connectivity index (χ2v) is 3.68. The van der Waals surface area contributed by atoms with Crippen LogP contribution in [0.25, 0.3) is 0 Å². The summed E-state index contributed by atoms with van der Waals surface area (Å²) in [6.07, 6.45) is -2.69. The van der Waals surface area contributed by atoms with Crippen LogP contribution in [-0.2, 0) is 4.79 Å². The topological polar surface area (TPSA) is 37.4 Å². The van der Waals surface area contributed by atoms with Gasteiger partial charge in [0.15, 0.2) is 0 Å². The van der Waals surface area contributed by atoms with E-state index in [9.17, 15) is 18.4 Å². The number of anilines is 1. The van der Waals surface area contributed by atoms with Crippen molar-refractivity contribution in [2.24, 2.45) is 0 Å². The van der Waals surface area contributed by atoms with Crippen molar-refractivity contribution in [3.63, 3.8) is 0 Å². The van der Waals surface area contributed by atoms with E-state index in [1.807, 2.05) is 0 Å². The number of fused-ring (bicyclic) bond motifs is 1. The van der Waals surface area contributed by atoms with Crippen LogP contribution in [0.4, 0.5) is 14.5 Å². The lowest BCUT2D eigenvalue weighted by Gasteiger charge is -2.15. The summed E-state index contributed by atoms with van der Waals surface area (Å²) >= 11 is 5.74. The molecule has 0 bridgehead atoms. The third-order valence-corrected chi connectivity index (χ3v) is 2.58. The van der Waals surface area contributed by atoms with Crippen molar-refractivity contribution in [1.82, 2.24) is 0 Å². The highest BCUT2D eigenvalue weighted by Gasteiger charge is 2.38. The number of amides is 1. The van der Waals surface area contributed by atoms with E-state index >= 15 is 0 Å². The molecule has 16 heavy (non-hydrogen) atoms. The molecule has 1 aromatic carbocycles. The molecule has 0 unspecified atom stereocenters. The lowest BCUT2D eigenvalue weighted by Crippen LogP contribution is -2.33. The monoisotopic (exact) mass is 245 g/mol. The van der Waals surface area contributed by atoms with Gasteiger partial charge in [0, 0.05) is 0 Å². The number of benzene rings is 1. The van der Waals surface area contributed by atoms with Gasteiger partial charge in [0.2, 0.25) is 0 Å². The fourth-order valence-corrected chi connectivity index (χ4v) is 1.88. The Morgan fingerprint density at radius 3 is 2.62 bits per heavy atom. The van der Waals surface area contributed by atoms with Gasteiger partial charge in [0.05, 0.1) is 22.8 Å². The predicted octanol–water partition coefficient (Wildman–Crippen LogP) is 2.13. The van der Waals surface area contributed by atoms with E-state index in [1.165, 1.54) is 18.2 Å². The zero-order valence-corrected chi connectivity index (χ0v) is 8.67. The van der Waals surface area contributed by atoms with Crippen LogP contribution >= 0.6 is 11.6 Å². The first-order chi connectivity index (χ1) is 7.52. The Bertz CT molecular complexity index is 476. The number of Topliss-reactive ketones (excluding diaryl/α,β-unsaturated/α-hetero) is 1. The summed E-state index contributed by atoms with van der Waals surface area (Å²) in [4.78, 5) is 23.7. The highest BCUT2D eigenvalue weighted by molar-refractivity contribution is 6.55. The maximum atomic E-state index is 12.2. The highest BCUT2D eigenvalue weighted by atomic mass is 35.5. The third kappa shape index (κ3) is 1.57. The average Bonchev–Trinajstić information content (AvgIpc) is 2.44. The minimum absolute atomic E-state index is 0.00909. The number of hydrogen-bond acceptors (Lipinski definition) is 2. The molecule has 0 aromatic heterocycles. The van der Waals surface area contributed by atoms with Crippen LogP contribution in [0.3, 0.4) is 0 Å². The van der Waals surface area contributed by atoms with Gasteiger partial charge in [-0.25, -0.2) is 8.78 Å². The molecule has 6 heteroatoms. The predicted molar refractivity (Wildman–Crippen MR) is 54.1 cm³/mol. The van der Waals surface area contributed by atoms with Crippen molar-refractivity contribution in [3.05, 3.63) is 28.8 Å². The van der Waals surface area contributed by atoms with Gasteiger partial charge in [0.25, 0.3) is 18.1 Å². The first-order valence-electron chi connectivity index (χ1n) is 4.45. The maximum Gasteiger partial charge on any atom is 0.299 e. The quantitative estimate of drug-likeness (QED) is 0.749. The molecule has 2 rings (SSSR count). The summed E-state index contributed by atoms with van der Waals surface area (Å²) in [7, 11) is 0. The lowest BCUT2D eigenvalue weighted by molar-refractivity contribution is -0.114. The maximum absolute atomic E-state index is 12.2. The molecule has 1 amide bonds. The molecule has 0 fully saturated rings. The van der Waals surface area contributed by atoms with E-state index in [2.05, 4.69) is 0 Å². The Hall–Kier alpha value is -1.49. The number of ketones is 1. The van der Waals surface area contributed by atoms with Crippen LogP contribution in [0.1, 0.15) is 10.4 Å². The number of rotatable bonds is 2. The fourth-order valence-electron chi connectivity index (χ4n) is 1.62. The van der Waals surface area contributed by atoms with Crippen LogP contribution in [0.5, 0.6) is 0 Å². The normalized spacial score (nSPS) is 14.9. The van der Waals surface area contributed by atoms with Crippen LogP contribution in [0.2, 0.25) is 5.02 Å². The molecule has 3 nitrogen and oxygen atoms in total. The van der Waals surface area contributed by atoms with Gasteiger partial charge in [-0.3, -0.25) is 14.5 Å². The Morgan fingerprint density at radius 1 is 1.31 bits per heavy atom.